The number of nitrogens with one attached hydrogen (secondary N) is 1. The van der Waals surface area contributed by atoms with Crippen molar-refractivity contribution >= 4 is 46.8 Å². The maximum Gasteiger partial charge on any atom is 0.166 e. The lowest BCUT2D eigenvalue weighted by Crippen LogP contribution is -1.96. The van der Waals surface area contributed by atoms with E-state index in [9.17, 15) is 0 Å². The molecule has 3 nitrogen and oxygen atoms in total. The Balaban J connectivity index is 2.16. The molecule has 20 heavy (non-hydrogen) atoms. The van der Waals surface area contributed by atoms with Crippen molar-refractivity contribution in [3.05, 3.63) is 56.2 Å². The largest absolute Gasteiger partial charge is 0.260 e. The molecule has 2 rings (SSSR count). The second-order valence-corrected chi connectivity index (χ2v) is 5.49. The van der Waals surface area contributed by atoms with Crippen LogP contribution in [0.1, 0.15) is 16.7 Å². The molecule has 104 valence electrons. The van der Waals surface area contributed by atoms with Crippen molar-refractivity contribution in [1.29, 1.82) is 0 Å². The predicted molar refractivity (Wildman–Crippen MR) is 86.4 cm³/mol. The minimum absolute atomic E-state index is 0.181. The molecular weight excluding hydrogens is 317 g/mol. The molecule has 0 aliphatic rings. The lowest BCUT2D eigenvalue weighted by atomic mass is 10.1. The molecule has 0 aliphatic heterocycles. The smallest absolute Gasteiger partial charge is 0.166 e. The minimum atomic E-state index is 0.181. The number of aromatic nitrogens is 1. The first-order chi connectivity index (χ1) is 9.47. The monoisotopic (exact) mass is 327 g/mol. The molecule has 0 fully saturated rings. The third-order valence-electron chi connectivity index (χ3n) is 2.69. The number of hydrogen-bond donors (Lipinski definition) is 1. The van der Waals surface area contributed by atoms with Crippen molar-refractivity contribution in [3.63, 3.8) is 0 Å². The lowest BCUT2D eigenvalue weighted by Gasteiger charge is -2.05. The van der Waals surface area contributed by atoms with E-state index < -0.39 is 0 Å². The van der Waals surface area contributed by atoms with Crippen LogP contribution < -0.4 is 5.43 Å². The Hall–Kier alpha value is -1.29. The molecule has 2 aromatic rings. The Morgan fingerprint density at radius 2 is 1.85 bits per heavy atom. The number of anilines is 1. The molecule has 1 N–H and O–H groups in total. The normalized spacial score (nSPS) is 11.1. The molecule has 0 amide bonds. The van der Waals surface area contributed by atoms with Gasteiger partial charge in [-0.05, 0) is 31.0 Å². The van der Waals surface area contributed by atoms with E-state index in [1.54, 1.807) is 6.21 Å². The highest BCUT2D eigenvalue weighted by Gasteiger charge is 2.06. The number of rotatable bonds is 3. The van der Waals surface area contributed by atoms with E-state index in [4.69, 9.17) is 34.8 Å². The molecule has 0 bridgehead atoms. The summed E-state index contributed by atoms with van der Waals surface area (Å²) in [4.78, 5) is 4.02. The first kappa shape index (κ1) is 15.1. The summed E-state index contributed by atoms with van der Waals surface area (Å²) >= 11 is 17.6. The third kappa shape index (κ3) is 3.63. The number of pyridine rings is 1. The third-order valence-corrected chi connectivity index (χ3v) is 3.65. The van der Waals surface area contributed by atoms with Crippen LogP contribution in [0.25, 0.3) is 0 Å². The summed E-state index contributed by atoms with van der Waals surface area (Å²) in [5.41, 5.74) is 6.12. The van der Waals surface area contributed by atoms with Gasteiger partial charge in [-0.25, -0.2) is 4.98 Å². The van der Waals surface area contributed by atoms with Crippen LogP contribution in [0.2, 0.25) is 15.2 Å². The molecule has 1 heterocycles. The van der Waals surface area contributed by atoms with Crippen molar-refractivity contribution < 1.29 is 0 Å². The number of benzene rings is 1. The second-order valence-electron chi connectivity index (χ2n) is 4.32. The fourth-order valence-electron chi connectivity index (χ4n) is 1.66. The Morgan fingerprint density at radius 3 is 2.55 bits per heavy atom. The molecule has 0 aliphatic carbocycles. The van der Waals surface area contributed by atoms with Gasteiger partial charge in [-0.3, -0.25) is 5.43 Å². The van der Waals surface area contributed by atoms with Crippen LogP contribution in [0.3, 0.4) is 0 Å². The fourth-order valence-corrected chi connectivity index (χ4v) is 2.20. The second kappa shape index (κ2) is 6.44. The van der Waals surface area contributed by atoms with Gasteiger partial charge in [0.1, 0.15) is 5.15 Å². The van der Waals surface area contributed by atoms with Crippen LogP contribution in [0.5, 0.6) is 0 Å². The maximum atomic E-state index is 5.99. The predicted octanol–water partition coefficient (Wildman–Crippen LogP) is 5.10. The number of hydrazone groups is 1. The zero-order chi connectivity index (χ0) is 14.7. The van der Waals surface area contributed by atoms with E-state index in [2.05, 4.69) is 21.6 Å². The standard InChI is InChI=1S/C14H12Cl3N3/c1-8-3-4-10(9(2)5-8)7-18-20-14-12(16)6-11(15)13(17)19-14/h3-7H,1-2H3,(H,19,20). The molecule has 1 aromatic heterocycles. The minimum Gasteiger partial charge on any atom is -0.260 e. The van der Waals surface area contributed by atoms with Crippen LogP contribution >= 0.6 is 34.8 Å². The van der Waals surface area contributed by atoms with Crippen LogP contribution in [-0.2, 0) is 0 Å². The van der Waals surface area contributed by atoms with Gasteiger partial charge in [0.2, 0.25) is 0 Å². The maximum absolute atomic E-state index is 5.99. The van der Waals surface area contributed by atoms with Gasteiger partial charge in [-0.2, -0.15) is 5.10 Å². The van der Waals surface area contributed by atoms with Gasteiger partial charge >= 0.3 is 0 Å². The average Bonchev–Trinajstić information content (AvgIpc) is 2.38. The summed E-state index contributed by atoms with van der Waals surface area (Å²) < 4.78 is 0. The number of aryl methyl sites for hydroxylation is 2. The van der Waals surface area contributed by atoms with E-state index in [1.807, 2.05) is 26.0 Å². The summed E-state index contributed by atoms with van der Waals surface area (Å²) in [6.07, 6.45) is 1.70. The van der Waals surface area contributed by atoms with Gasteiger partial charge in [0.05, 0.1) is 16.3 Å². The molecule has 0 saturated carbocycles. The van der Waals surface area contributed by atoms with Crippen molar-refractivity contribution in [2.45, 2.75) is 13.8 Å². The Kier molecular flexibility index (Phi) is 4.86. The van der Waals surface area contributed by atoms with E-state index in [0.29, 0.717) is 15.9 Å². The van der Waals surface area contributed by atoms with Gasteiger partial charge in [0.15, 0.2) is 5.82 Å². The SMILES string of the molecule is Cc1ccc(C=NNc2nc(Cl)c(Cl)cc2Cl)c(C)c1. The van der Waals surface area contributed by atoms with Gasteiger partial charge in [0, 0.05) is 0 Å². The van der Waals surface area contributed by atoms with E-state index in [-0.39, 0.29) is 5.15 Å². The zero-order valence-electron chi connectivity index (χ0n) is 10.9. The lowest BCUT2D eigenvalue weighted by molar-refractivity contribution is 1.23. The first-order valence-electron chi connectivity index (χ1n) is 5.85. The number of halogens is 3. The summed E-state index contributed by atoms with van der Waals surface area (Å²) in [6.45, 7) is 4.07. The molecule has 0 atom stereocenters. The van der Waals surface area contributed by atoms with Gasteiger partial charge in [-0.15, -0.1) is 0 Å². The summed E-state index contributed by atoms with van der Waals surface area (Å²) in [5.74, 6) is 0.363. The van der Waals surface area contributed by atoms with Gasteiger partial charge < -0.3 is 0 Å². The molecular formula is C14H12Cl3N3. The molecule has 0 radical (unpaired) electrons. The average molecular weight is 329 g/mol. The highest BCUT2D eigenvalue weighted by molar-refractivity contribution is 6.42. The number of hydrogen-bond acceptors (Lipinski definition) is 3. The molecule has 1 aromatic carbocycles. The molecule has 6 heteroatoms. The van der Waals surface area contributed by atoms with Gasteiger partial charge in [0.25, 0.3) is 0 Å². The van der Waals surface area contributed by atoms with Crippen LogP contribution in [0.4, 0.5) is 5.82 Å². The van der Waals surface area contributed by atoms with Crippen LogP contribution in [0, 0.1) is 13.8 Å². The summed E-state index contributed by atoms with van der Waals surface area (Å²) in [6, 6.07) is 7.64. The first-order valence-corrected chi connectivity index (χ1v) is 6.98. The fraction of sp³-hybridized carbons (Fsp3) is 0.143. The topological polar surface area (TPSA) is 37.3 Å². The number of nitrogens with zero attached hydrogens (tertiary/aromatic N) is 2. The van der Waals surface area contributed by atoms with Crippen molar-refractivity contribution in [1.82, 2.24) is 4.98 Å². The molecule has 0 spiro atoms. The van der Waals surface area contributed by atoms with Crippen LogP contribution in [-0.4, -0.2) is 11.2 Å². The Bertz CT molecular complexity index is 669. The molecule has 0 saturated heterocycles. The Labute approximate surface area is 132 Å². The van der Waals surface area contributed by atoms with Crippen molar-refractivity contribution in [3.8, 4) is 0 Å². The zero-order valence-corrected chi connectivity index (χ0v) is 13.2. The van der Waals surface area contributed by atoms with E-state index in [1.165, 1.54) is 11.6 Å². The van der Waals surface area contributed by atoms with Crippen molar-refractivity contribution in [2.24, 2.45) is 5.10 Å². The summed E-state index contributed by atoms with van der Waals surface area (Å²) in [5, 5.41) is 4.96. The molecule has 0 unspecified atom stereocenters. The highest BCUT2D eigenvalue weighted by atomic mass is 35.5. The van der Waals surface area contributed by atoms with Crippen LogP contribution in [0.15, 0.2) is 29.4 Å². The van der Waals surface area contributed by atoms with Crippen molar-refractivity contribution in [2.75, 3.05) is 5.43 Å². The van der Waals surface area contributed by atoms with Gasteiger partial charge in [-0.1, -0.05) is 58.6 Å². The Morgan fingerprint density at radius 1 is 1.10 bits per heavy atom. The quantitative estimate of drug-likeness (QED) is 0.483. The highest BCUT2D eigenvalue weighted by Crippen LogP contribution is 2.28. The van der Waals surface area contributed by atoms with E-state index in [0.717, 1.165) is 11.1 Å². The van der Waals surface area contributed by atoms with E-state index >= 15 is 0 Å². The summed E-state index contributed by atoms with van der Waals surface area (Å²) in [7, 11) is 0.